The van der Waals surface area contributed by atoms with E-state index in [4.69, 9.17) is 9.84 Å². The zero-order valence-electron chi connectivity index (χ0n) is 10.2. The molecule has 1 N–H and O–H groups in total. The number of Topliss-reactive ketones (excluding diaryl/α,β-unsaturated/α-hetero) is 1. The minimum absolute atomic E-state index is 0.357. The summed E-state index contributed by atoms with van der Waals surface area (Å²) >= 11 is 3.30. The van der Waals surface area contributed by atoms with Gasteiger partial charge >= 0.3 is 0 Å². The molecule has 19 heavy (non-hydrogen) atoms. The van der Waals surface area contributed by atoms with Crippen LogP contribution in [-0.4, -0.2) is 17.5 Å². The minimum atomic E-state index is -0.530. The summed E-state index contributed by atoms with van der Waals surface area (Å²) in [5, 5.41) is 8.97. The molecule has 0 aliphatic rings. The Hall–Kier alpha value is -1.65. The number of hydrogen-bond donors (Lipinski definition) is 1. The van der Waals surface area contributed by atoms with E-state index in [2.05, 4.69) is 15.9 Å². The average molecular weight is 321 g/mol. The number of rotatable bonds is 5. The fourth-order valence-electron chi connectivity index (χ4n) is 1.67. The van der Waals surface area contributed by atoms with Crippen LogP contribution >= 0.6 is 15.9 Å². The van der Waals surface area contributed by atoms with Gasteiger partial charge in [0.1, 0.15) is 19.0 Å². The van der Waals surface area contributed by atoms with Gasteiger partial charge in [-0.05, 0) is 23.8 Å². The zero-order valence-corrected chi connectivity index (χ0v) is 11.8. The van der Waals surface area contributed by atoms with Crippen LogP contribution < -0.4 is 4.74 Å². The molecule has 4 heteroatoms. The van der Waals surface area contributed by atoms with E-state index < -0.39 is 6.61 Å². The predicted molar refractivity (Wildman–Crippen MR) is 76.3 cm³/mol. The Morgan fingerprint density at radius 1 is 1.16 bits per heavy atom. The van der Waals surface area contributed by atoms with Crippen molar-refractivity contribution in [3.8, 4) is 5.75 Å². The van der Waals surface area contributed by atoms with Gasteiger partial charge < -0.3 is 9.84 Å². The molecule has 0 bridgehead atoms. The third kappa shape index (κ3) is 3.66. The zero-order chi connectivity index (χ0) is 13.7. The molecule has 0 fully saturated rings. The number of ether oxygens (including phenoxy) is 1. The Labute approximate surface area is 120 Å². The van der Waals surface area contributed by atoms with Gasteiger partial charge in [-0.15, -0.1) is 0 Å². The highest BCUT2D eigenvalue weighted by Crippen LogP contribution is 2.24. The summed E-state index contributed by atoms with van der Waals surface area (Å²) in [5.74, 6) is 0.121. The Morgan fingerprint density at radius 2 is 1.89 bits per heavy atom. The lowest BCUT2D eigenvalue weighted by molar-refractivity contribution is 0.0899. The Morgan fingerprint density at radius 3 is 2.58 bits per heavy atom. The van der Waals surface area contributed by atoms with Crippen LogP contribution in [0.4, 0.5) is 0 Å². The largest absolute Gasteiger partial charge is 0.488 e. The van der Waals surface area contributed by atoms with Crippen molar-refractivity contribution in [3.63, 3.8) is 0 Å². The lowest BCUT2D eigenvalue weighted by Crippen LogP contribution is -2.08. The van der Waals surface area contributed by atoms with Gasteiger partial charge in [0.25, 0.3) is 0 Å². The van der Waals surface area contributed by atoms with Gasteiger partial charge in [-0.2, -0.15) is 0 Å². The number of carbonyl (C=O) groups excluding carboxylic acids is 1. The second-order valence-corrected chi connectivity index (χ2v) is 4.91. The van der Waals surface area contributed by atoms with Gasteiger partial charge in [-0.3, -0.25) is 4.79 Å². The summed E-state index contributed by atoms with van der Waals surface area (Å²) < 4.78 is 6.42. The average Bonchev–Trinajstić information content (AvgIpc) is 2.46. The van der Waals surface area contributed by atoms with E-state index in [-0.39, 0.29) is 5.78 Å². The van der Waals surface area contributed by atoms with Gasteiger partial charge in [0, 0.05) is 4.47 Å². The van der Waals surface area contributed by atoms with E-state index in [0.717, 1.165) is 10.0 Å². The van der Waals surface area contributed by atoms with Crippen molar-refractivity contribution < 1.29 is 14.6 Å². The van der Waals surface area contributed by atoms with E-state index in [1.54, 1.807) is 18.2 Å². The first-order valence-corrected chi connectivity index (χ1v) is 6.60. The molecule has 0 atom stereocenters. The van der Waals surface area contributed by atoms with Gasteiger partial charge in [0.05, 0.1) is 5.56 Å². The van der Waals surface area contributed by atoms with Crippen molar-refractivity contribution in [1.29, 1.82) is 0 Å². The maximum atomic E-state index is 11.6. The third-order valence-corrected chi connectivity index (χ3v) is 3.12. The van der Waals surface area contributed by atoms with Gasteiger partial charge in [0.15, 0.2) is 5.78 Å². The van der Waals surface area contributed by atoms with Gasteiger partial charge in [0.2, 0.25) is 0 Å². The van der Waals surface area contributed by atoms with Crippen molar-refractivity contribution in [2.75, 3.05) is 6.61 Å². The fourth-order valence-corrected chi connectivity index (χ4v) is 2.03. The maximum Gasteiger partial charge on any atom is 0.191 e. The quantitative estimate of drug-likeness (QED) is 0.860. The molecule has 0 aliphatic heterocycles. The Bertz CT molecular complexity index is 567. The monoisotopic (exact) mass is 320 g/mol. The molecular formula is C15H13BrO3. The third-order valence-electron chi connectivity index (χ3n) is 2.62. The molecule has 3 nitrogen and oxygen atoms in total. The highest BCUT2D eigenvalue weighted by atomic mass is 79.9. The van der Waals surface area contributed by atoms with Crippen LogP contribution in [0.15, 0.2) is 53.0 Å². The summed E-state index contributed by atoms with van der Waals surface area (Å²) in [4.78, 5) is 11.6. The number of benzene rings is 2. The SMILES string of the molecule is O=C(CO)c1cc(Br)ccc1OCc1ccccc1. The van der Waals surface area contributed by atoms with Crippen LogP contribution in [0, 0.1) is 0 Å². The van der Waals surface area contributed by atoms with E-state index in [1.165, 1.54) is 0 Å². The second kappa shape index (κ2) is 6.50. The maximum absolute atomic E-state index is 11.6. The minimum Gasteiger partial charge on any atom is -0.488 e. The molecule has 0 aromatic heterocycles. The van der Waals surface area contributed by atoms with E-state index in [9.17, 15) is 4.79 Å². The molecule has 98 valence electrons. The number of hydrogen-bond acceptors (Lipinski definition) is 3. The number of aliphatic hydroxyl groups is 1. The summed E-state index contributed by atoms with van der Waals surface area (Å²) in [7, 11) is 0. The number of aliphatic hydroxyl groups excluding tert-OH is 1. The summed E-state index contributed by atoms with van der Waals surface area (Å²) in [6, 6.07) is 14.9. The Kier molecular flexibility index (Phi) is 4.71. The van der Waals surface area contributed by atoms with Crippen molar-refractivity contribution in [1.82, 2.24) is 0 Å². The first-order chi connectivity index (χ1) is 9.20. The predicted octanol–water partition coefficient (Wildman–Crippen LogP) is 3.20. The van der Waals surface area contributed by atoms with E-state index >= 15 is 0 Å². The van der Waals surface area contributed by atoms with E-state index in [1.807, 2.05) is 30.3 Å². The van der Waals surface area contributed by atoms with Crippen LogP contribution in [0.1, 0.15) is 15.9 Å². The molecule has 0 heterocycles. The van der Waals surface area contributed by atoms with Crippen LogP contribution in [0.3, 0.4) is 0 Å². The highest BCUT2D eigenvalue weighted by molar-refractivity contribution is 9.10. The van der Waals surface area contributed by atoms with Crippen molar-refractivity contribution >= 4 is 21.7 Å². The molecule has 2 rings (SSSR count). The lowest BCUT2D eigenvalue weighted by Gasteiger charge is -2.10. The number of carbonyl (C=O) groups is 1. The first kappa shape index (κ1) is 13.8. The van der Waals surface area contributed by atoms with Crippen molar-refractivity contribution in [3.05, 3.63) is 64.1 Å². The summed E-state index contributed by atoms with van der Waals surface area (Å²) in [6.45, 7) is -0.146. The van der Waals surface area contributed by atoms with Crippen LogP contribution in [0.2, 0.25) is 0 Å². The molecule has 0 spiro atoms. The number of ketones is 1. The first-order valence-electron chi connectivity index (χ1n) is 5.81. The molecule has 0 saturated carbocycles. The molecule has 2 aromatic carbocycles. The molecule has 0 unspecified atom stereocenters. The van der Waals surface area contributed by atoms with Crippen molar-refractivity contribution in [2.45, 2.75) is 6.61 Å². The van der Waals surface area contributed by atoms with Gasteiger partial charge in [-0.25, -0.2) is 0 Å². The van der Waals surface area contributed by atoms with Crippen LogP contribution in [-0.2, 0) is 6.61 Å². The summed E-state index contributed by atoms with van der Waals surface area (Å²) in [6.07, 6.45) is 0. The molecule has 0 saturated heterocycles. The smallest absolute Gasteiger partial charge is 0.191 e. The van der Waals surface area contributed by atoms with Gasteiger partial charge in [-0.1, -0.05) is 46.3 Å². The van der Waals surface area contributed by atoms with Crippen molar-refractivity contribution in [2.24, 2.45) is 0 Å². The lowest BCUT2D eigenvalue weighted by atomic mass is 10.1. The van der Waals surface area contributed by atoms with Crippen LogP contribution in [0.25, 0.3) is 0 Å². The molecular weight excluding hydrogens is 308 g/mol. The van der Waals surface area contributed by atoms with Crippen LogP contribution in [0.5, 0.6) is 5.75 Å². The summed E-state index contributed by atoms with van der Waals surface area (Å²) in [5.41, 5.74) is 1.40. The molecule has 0 amide bonds. The Balaban J connectivity index is 2.18. The highest BCUT2D eigenvalue weighted by Gasteiger charge is 2.12. The normalized spacial score (nSPS) is 10.2. The molecule has 0 radical (unpaired) electrons. The molecule has 2 aromatic rings. The second-order valence-electron chi connectivity index (χ2n) is 4.00. The molecule has 0 aliphatic carbocycles. The fraction of sp³-hybridized carbons (Fsp3) is 0.133. The van der Waals surface area contributed by atoms with E-state index in [0.29, 0.717) is 17.9 Å². The topological polar surface area (TPSA) is 46.5 Å². The standard InChI is InChI=1S/C15H13BrO3/c16-12-6-7-15(13(8-12)14(18)9-17)19-10-11-4-2-1-3-5-11/h1-8,17H,9-10H2. The number of halogens is 1.